The molecule has 0 bridgehead atoms. The average Bonchev–Trinajstić information content (AvgIpc) is 3.40. The largest absolute Gasteiger partial charge is 0.460 e. The molecule has 1 aliphatic carbocycles. The van der Waals surface area contributed by atoms with E-state index in [4.69, 9.17) is 9.47 Å². The molecule has 136 valence electrons. The van der Waals surface area contributed by atoms with Gasteiger partial charge in [-0.1, -0.05) is 18.2 Å². The van der Waals surface area contributed by atoms with Crippen molar-refractivity contribution in [2.75, 3.05) is 0 Å². The van der Waals surface area contributed by atoms with Crippen LogP contribution in [0.3, 0.4) is 0 Å². The van der Waals surface area contributed by atoms with Gasteiger partial charge in [-0.15, -0.1) is 0 Å². The Labute approximate surface area is 153 Å². The van der Waals surface area contributed by atoms with E-state index < -0.39 is 5.60 Å². The average molecular weight is 353 g/mol. The van der Waals surface area contributed by atoms with Crippen molar-refractivity contribution in [1.82, 2.24) is 4.98 Å². The fourth-order valence-electron chi connectivity index (χ4n) is 2.77. The second-order valence-electron chi connectivity index (χ2n) is 7.50. The molecule has 0 saturated heterocycles. The molecule has 5 heteroatoms. The molecule has 3 rings (SSSR count). The van der Waals surface area contributed by atoms with Crippen molar-refractivity contribution in [3.05, 3.63) is 65.5 Å². The topological polar surface area (TPSA) is 65.5 Å². The molecule has 1 aliphatic rings. The highest BCUT2D eigenvalue weighted by molar-refractivity contribution is 5.89. The van der Waals surface area contributed by atoms with Crippen LogP contribution in [-0.4, -0.2) is 22.5 Å². The number of nitrogens with zero attached hydrogens (tertiary/aromatic N) is 1. The summed E-state index contributed by atoms with van der Waals surface area (Å²) in [4.78, 5) is 28.3. The molecule has 0 radical (unpaired) electrons. The van der Waals surface area contributed by atoms with E-state index in [1.54, 1.807) is 24.4 Å². The Morgan fingerprint density at radius 2 is 1.85 bits per heavy atom. The highest BCUT2D eigenvalue weighted by Gasteiger charge is 2.46. The zero-order valence-electron chi connectivity index (χ0n) is 15.3. The Hall–Kier alpha value is -2.69. The Morgan fingerprint density at radius 3 is 2.46 bits per heavy atom. The van der Waals surface area contributed by atoms with Crippen LogP contribution in [0.2, 0.25) is 0 Å². The molecule has 0 N–H and O–H groups in total. The Morgan fingerprint density at radius 1 is 1.12 bits per heavy atom. The molecule has 2 unspecified atom stereocenters. The van der Waals surface area contributed by atoms with Crippen LogP contribution < -0.4 is 0 Å². The molecule has 1 heterocycles. The monoisotopic (exact) mass is 353 g/mol. The van der Waals surface area contributed by atoms with Gasteiger partial charge in [0, 0.05) is 6.20 Å². The van der Waals surface area contributed by atoms with Gasteiger partial charge < -0.3 is 9.47 Å². The van der Waals surface area contributed by atoms with E-state index in [1.165, 1.54) is 0 Å². The van der Waals surface area contributed by atoms with Gasteiger partial charge in [0.15, 0.2) is 0 Å². The number of ether oxygens (including phenoxy) is 2. The molecule has 26 heavy (non-hydrogen) atoms. The maximum atomic E-state index is 12.1. The second kappa shape index (κ2) is 7.28. The standard InChI is InChI=1S/C21H23NO4/c1-21(2,3)26-20(24)18-12-17(18)14-7-9-15(10-8-14)19(23)25-13-16-6-4-5-11-22-16/h4-11,17-18H,12-13H2,1-3H3. The van der Waals surface area contributed by atoms with Gasteiger partial charge in [-0.25, -0.2) is 4.79 Å². The first kappa shape index (κ1) is 18.1. The van der Waals surface area contributed by atoms with E-state index in [0.717, 1.165) is 12.0 Å². The minimum absolute atomic E-state index is 0.0869. The highest BCUT2D eigenvalue weighted by Crippen LogP contribution is 2.48. The van der Waals surface area contributed by atoms with E-state index in [0.29, 0.717) is 11.3 Å². The van der Waals surface area contributed by atoms with Gasteiger partial charge in [-0.3, -0.25) is 9.78 Å². The fourth-order valence-corrected chi connectivity index (χ4v) is 2.77. The number of esters is 2. The van der Waals surface area contributed by atoms with Crippen molar-refractivity contribution in [2.45, 2.75) is 45.3 Å². The molecular weight excluding hydrogens is 330 g/mol. The fraction of sp³-hybridized carbons (Fsp3) is 0.381. The lowest BCUT2D eigenvalue weighted by Gasteiger charge is -2.19. The zero-order chi connectivity index (χ0) is 18.7. The summed E-state index contributed by atoms with van der Waals surface area (Å²) in [5.74, 6) is -0.456. The number of rotatable bonds is 5. The van der Waals surface area contributed by atoms with Crippen LogP contribution in [0.15, 0.2) is 48.7 Å². The van der Waals surface area contributed by atoms with Crippen LogP contribution in [0.25, 0.3) is 0 Å². The zero-order valence-corrected chi connectivity index (χ0v) is 15.3. The predicted molar refractivity (Wildman–Crippen MR) is 96.5 cm³/mol. The molecule has 1 saturated carbocycles. The van der Waals surface area contributed by atoms with E-state index >= 15 is 0 Å². The highest BCUT2D eigenvalue weighted by atomic mass is 16.6. The third kappa shape index (κ3) is 4.69. The van der Waals surface area contributed by atoms with Crippen molar-refractivity contribution in [2.24, 2.45) is 5.92 Å². The van der Waals surface area contributed by atoms with Crippen LogP contribution in [0.1, 0.15) is 54.7 Å². The molecule has 0 aliphatic heterocycles. The lowest BCUT2D eigenvalue weighted by atomic mass is 10.1. The van der Waals surface area contributed by atoms with E-state index in [2.05, 4.69) is 4.98 Å². The summed E-state index contributed by atoms with van der Waals surface area (Å²) in [6, 6.07) is 12.7. The Kier molecular flexibility index (Phi) is 5.07. The van der Waals surface area contributed by atoms with E-state index in [1.807, 2.05) is 45.0 Å². The van der Waals surface area contributed by atoms with Crippen molar-refractivity contribution >= 4 is 11.9 Å². The SMILES string of the molecule is CC(C)(C)OC(=O)C1CC1c1ccc(C(=O)OCc2ccccn2)cc1. The van der Waals surface area contributed by atoms with Gasteiger partial charge >= 0.3 is 11.9 Å². The van der Waals surface area contributed by atoms with Gasteiger partial charge in [0.2, 0.25) is 0 Å². The number of benzene rings is 1. The molecule has 2 atom stereocenters. The lowest BCUT2D eigenvalue weighted by molar-refractivity contribution is -0.156. The number of pyridine rings is 1. The normalized spacial score (nSPS) is 18.9. The maximum Gasteiger partial charge on any atom is 0.338 e. The maximum absolute atomic E-state index is 12.1. The molecule has 1 aromatic carbocycles. The van der Waals surface area contributed by atoms with Gasteiger partial charge in [-0.05, 0) is 62.9 Å². The number of carbonyl (C=O) groups is 2. The number of hydrogen-bond donors (Lipinski definition) is 0. The summed E-state index contributed by atoms with van der Waals surface area (Å²) in [5.41, 5.74) is 1.77. The third-order valence-corrected chi connectivity index (χ3v) is 4.15. The minimum Gasteiger partial charge on any atom is -0.460 e. The van der Waals surface area contributed by atoms with Gasteiger partial charge in [-0.2, -0.15) is 0 Å². The van der Waals surface area contributed by atoms with Gasteiger partial charge in [0.1, 0.15) is 12.2 Å². The summed E-state index contributed by atoms with van der Waals surface area (Å²) in [7, 11) is 0. The van der Waals surface area contributed by atoms with Crippen molar-refractivity contribution < 1.29 is 19.1 Å². The van der Waals surface area contributed by atoms with Gasteiger partial charge in [0.25, 0.3) is 0 Å². The Bertz CT molecular complexity index is 778. The van der Waals surface area contributed by atoms with Crippen LogP contribution in [0, 0.1) is 5.92 Å². The summed E-state index contributed by atoms with van der Waals surface area (Å²) in [6.45, 7) is 5.75. The number of hydrogen-bond acceptors (Lipinski definition) is 5. The quantitative estimate of drug-likeness (QED) is 0.763. The van der Waals surface area contributed by atoms with Crippen LogP contribution in [0.4, 0.5) is 0 Å². The first-order chi connectivity index (χ1) is 12.3. The van der Waals surface area contributed by atoms with Crippen molar-refractivity contribution in [3.8, 4) is 0 Å². The second-order valence-corrected chi connectivity index (χ2v) is 7.50. The van der Waals surface area contributed by atoms with E-state index in [9.17, 15) is 9.59 Å². The van der Waals surface area contributed by atoms with Crippen molar-refractivity contribution in [3.63, 3.8) is 0 Å². The molecule has 0 spiro atoms. The predicted octanol–water partition coefficient (Wildman–Crippen LogP) is 3.88. The summed E-state index contributed by atoms with van der Waals surface area (Å²) >= 11 is 0. The smallest absolute Gasteiger partial charge is 0.338 e. The molecule has 5 nitrogen and oxygen atoms in total. The van der Waals surface area contributed by atoms with E-state index in [-0.39, 0.29) is 30.4 Å². The Balaban J connectivity index is 1.54. The molecule has 2 aromatic rings. The summed E-state index contributed by atoms with van der Waals surface area (Å²) < 4.78 is 10.7. The molecule has 1 fully saturated rings. The summed E-state index contributed by atoms with van der Waals surface area (Å²) in [5, 5.41) is 0. The third-order valence-electron chi connectivity index (χ3n) is 4.15. The number of aromatic nitrogens is 1. The lowest BCUT2D eigenvalue weighted by Crippen LogP contribution is -2.25. The van der Waals surface area contributed by atoms with Crippen LogP contribution >= 0.6 is 0 Å². The minimum atomic E-state index is -0.467. The first-order valence-corrected chi connectivity index (χ1v) is 8.73. The van der Waals surface area contributed by atoms with Crippen LogP contribution in [-0.2, 0) is 20.9 Å². The van der Waals surface area contributed by atoms with Crippen molar-refractivity contribution in [1.29, 1.82) is 0 Å². The van der Waals surface area contributed by atoms with Gasteiger partial charge in [0.05, 0.1) is 17.2 Å². The molecular formula is C21H23NO4. The number of carbonyl (C=O) groups excluding carboxylic acids is 2. The summed E-state index contributed by atoms with van der Waals surface area (Å²) in [6.07, 6.45) is 2.45. The molecule has 0 amide bonds. The first-order valence-electron chi connectivity index (χ1n) is 8.73. The van der Waals surface area contributed by atoms with Crippen LogP contribution in [0.5, 0.6) is 0 Å². The molecule has 1 aromatic heterocycles.